The average molecular weight is 416 g/mol. The van der Waals surface area contributed by atoms with E-state index in [2.05, 4.69) is 0 Å². The van der Waals surface area contributed by atoms with Crippen LogP contribution in [0.1, 0.15) is 28.9 Å². The number of benzene rings is 2. The summed E-state index contributed by atoms with van der Waals surface area (Å²) >= 11 is 0. The monoisotopic (exact) mass is 416 g/mol. The molecule has 0 spiro atoms. The third kappa shape index (κ3) is 4.00. The van der Waals surface area contributed by atoms with E-state index < -0.39 is 41.0 Å². The van der Waals surface area contributed by atoms with E-state index in [0.29, 0.717) is 4.31 Å². The number of sulfonamides is 1. The summed E-state index contributed by atoms with van der Waals surface area (Å²) in [5, 5.41) is 0. The molecule has 2 amide bonds. The van der Waals surface area contributed by atoms with Crippen molar-refractivity contribution in [3.8, 4) is 0 Å². The molecule has 1 heterocycles. The molecule has 0 aromatic heterocycles. The molecule has 29 heavy (non-hydrogen) atoms. The highest BCUT2D eigenvalue weighted by atomic mass is 32.2. The zero-order valence-electron chi connectivity index (χ0n) is 15.9. The second-order valence-corrected chi connectivity index (χ2v) is 8.40. The minimum atomic E-state index is -4.11. The predicted octanol–water partition coefficient (Wildman–Crippen LogP) is 1.59. The number of hydrogen-bond acceptors (Lipinski definition) is 6. The van der Waals surface area contributed by atoms with Crippen molar-refractivity contribution in [3.63, 3.8) is 0 Å². The molecule has 1 unspecified atom stereocenters. The largest absolute Gasteiger partial charge is 0.454 e. The van der Waals surface area contributed by atoms with Gasteiger partial charge in [0.1, 0.15) is 11.4 Å². The zero-order valence-corrected chi connectivity index (χ0v) is 16.8. The summed E-state index contributed by atoms with van der Waals surface area (Å²) in [4.78, 5) is 38.0. The first-order valence-electron chi connectivity index (χ1n) is 8.86. The quantitative estimate of drug-likeness (QED) is 0.663. The predicted molar refractivity (Wildman–Crippen MR) is 103 cm³/mol. The Morgan fingerprint density at radius 2 is 1.69 bits per heavy atom. The Kier molecular flexibility index (Phi) is 5.69. The van der Waals surface area contributed by atoms with Gasteiger partial charge in [0.15, 0.2) is 6.61 Å². The van der Waals surface area contributed by atoms with Gasteiger partial charge in [0.25, 0.3) is 21.8 Å². The van der Waals surface area contributed by atoms with Gasteiger partial charge in [-0.15, -0.1) is 0 Å². The van der Waals surface area contributed by atoms with Crippen molar-refractivity contribution in [2.75, 3.05) is 20.2 Å². The van der Waals surface area contributed by atoms with Gasteiger partial charge >= 0.3 is 5.97 Å². The smallest absolute Gasteiger partial charge is 0.327 e. The first-order chi connectivity index (χ1) is 13.7. The van der Waals surface area contributed by atoms with Gasteiger partial charge in [-0.2, -0.15) is 0 Å². The van der Waals surface area contributed by atoms with Crippen LogP contribution in [0.4, 0.5) is 0 Å². The van der Waals surface area contributed by atoms with Gasteiger partial charge in [-0.05, 0) is 24.6 Å². The fourth-order valence-electron chi connectivity index (χ4n) is 2.97. The Bertz CT molecular complexity index is 1050. The fraction of sp³-hybridized carbons (Fsp3) is 0.250. The Morgan fingerprint density at radius 1 is 1.07 bits per heavy atom. The van der Waals surface area contributed by atoms with Crippen LogP contribution in [0, 0.1) is 0 Å². The topological polar surface area (TPSA) is 101 Å². The molecule has 0 N–H and O–H groups in total. The van der Waals surface area contributed by atoms with E-state index in [0.717, 1.165) is 5.56 Å². The van der Waals surface area contributed by atoms with Crippen LogP contribution in [-0.2, 0) is 24.3 Å². The molecular formula is C20H20N2O6S. The number of carbonyl (C=O) groups excluding carboxylic acids is 3. The van der Waals surface area contributed by atoms with Gasteiger partial charge in [0.2, 0.25) is 0 Å². The standard InChI is InChI=1S/C20H20N2O6S/c1-14(15-8-4-3-5-9-15)21(2)18(23)13-28-19(24)12-22-20(25)16-10-6-7-11-17(16)29(22,26)27/h3-11,14H,12-13H2,1-2H3. The number of hydrogen-bond donors (Lipinski definition) is 0. The molecule has 0 saturated carbocycles. The highest BCUT2D eigenvalue weighted by Crippen LogP contribution is 2.29. The number of nitrogens with zero attached hydrogens (tertiary/aromatic N) is 2. The van der Waals surface area contributed by atoms with E-state index in [1.54, 1.807) is 7.05 Å². The molecule has 0 radical (unpaired) electrons. The lowest BCUT2D eigenvalue weighted by Crippen LogP contribution is -2.38. The number of rotatable bonds is 6. The Labute approximate surface area is 168 Å². The maximum atomic E-state index is 12.4. The molecule has 1 atom stereocenters. The first kappa shape index (κ1) is 20.5. The number of carbonyl (C=O) groups is 3. The third-order valence-corrected chi connectivity index (χ3v) is 6.58. The molecule has 2 aromatic rings. The van der Waals surface area contributed by atoms with E-state index >= 15 is 0 Å². The summed E-state index contributed by atoms with van der Waals surface area (Å²) in [5.74, 6) is -2.23. The maximum Gasteiger partial charge on any atom is 0.327 e. The number of amides is 2. The van der Waals surface area contributed by atoms with E-state index in [9.17, 15) is 22.8 Å². The van der Waals surface area contributed by atoms with Crippen LogP contribution >= 0.6 is 0 Å². The van der Waals surface area contributed by atoms with E-state index in [-0.39, 0.29) is 16.5 Å². The van der Waals surface area contributed by atoms with Crippen molar-refractivity contribution in [3.05, 3.63) is 65.7 Å². The Balaban J connectivity index is 1.59. The summed E-state index contributed by atoms with van der Waals surface area (Å²) in [6.45, 7) is 0.490. The molecule has 3 rings (SSSR count). The Morgan fingerprint density at radius 3 is 2.34 bits per heavy atom. The molecule has 0 bridgehead atoms. The fourth-order valence-corrected chi connectivity index (χ4v) is 4.48. The summed E-state index contributed by atoms with van der Waals surface area (Å²) in [6, 6.07) is 14.8. The molecule has 0 saturated heterocycles. The summed E-state index contributed by atoms with van der Waals surface area (Å²) < 4.78 is 30.3. The first-order valence-corrected chi connectivity index (χ1v) is 10.3. The lowest BCUT2D eigenvalue weighted by molar-refractivity contribution is -0.152. The average Bonchev–Trinajstić information content (AvgIpc) is 2.92. The third-order valence-electron chi connectivity index (χ3n) is 4.80. The van der Waals surface area contributed by atoms with Gasteiger partial charge < -0.3 is 9.64 Å². The lowest BCUT2D eigenvalue weighted by Gasteiger charge is -2.25. The van der Waals surface area contributed by atoms with Gasteiger partial charge in [-0.1, -0.05) is 42.5 Å². The van der Waals surface area contributed by atoms with E-state index in [1.165, 1.54) is 29.2 Å². The number of ether oxygens (including phenoxy) is 1. The molecule has 0 aliphatic carbocycles. The number of fused-ring (bicyclic) bond motifs is 1. The number of esters is 1. The molecule has 1 aliphatic heterocycles. The van der Waals surface area contributed by atoms with Crippen LogP contribution in [0.25, 0.3) is 0 Å². The Hall–Kier alpha value is -3.20. The highest BCUT2D eigenvalue weighted by molar-refractivity contribution is 7.90. The molecule has 1 aliphatic rings. The van der Waals surface area contributed by atoms with Crippen molar-refractivity contribution >= 4 is 27.8 Å². The van der Waals surface area contributed by atoms with Crippen LogP contribution < -0.4 is 0 Å². The molecule has 9 heteroatoms. The molecular weight excluding hydrogens is 396 g/mol. The minimum Gasteiger partial charge on any atom is -0.454 e. The van der Waals surface area contributed by atoms with Crippen LogP contribution in [0.5, 0.6) is 0 Å². The normalized spacial score (nSPS) is 15.5. The maximum absolute atomic E-state index is 12.4. The van der Waals surface area contributed by atoms with Gasteiger partial charge in [0, 0.05) is 7.05 Å². The van der Waals surface area contributed by atoms with Gasteiger partial charge in [-0.25, -0.2) is 12.7 Å². The molecule has 8 nitrogen and oxygen atoms in total. The summed E-state index contributed by atoms with van der Waals surface area (Å²) in [7, 11) is -2.53. The summed E-state index contributed by atoms with van der Waals surface area (Å²) in [6.07, 6.45) is 0. The SMILES string of the molecule is CC(c1ccccc1)N(C)C(=O)COC(=O)CN1C(=O)c2ccccc2S1(=O)=O. The summed E-state index contributed by atoms with van der Waals surface area (Å²) in [5.41, 5.74) is 0.925. The van der Waals surface area contributed by atoms with E-state index in [1.807, 2.05) is 37.3 Å². The zero-order chi connectivity index (χ0) is 21.2. The second-order valence-electron chi connectivity index (χ2n) is 6.56. The van der Waals surface area contributed by atoms with Crippen molar-refractivity contribution in [2.45, 2.75) is 17.9 Å². The van der Waals surface area contributed by atoms with Gasteiger partial charge in [-0.3, -0.25) is 14.4 Å². The highest BCUT2D eigenvalue weighted by Gasteiger charge is 2.42. The van der Waals surface area contributed by atoms with Crippen molar-refractivity contribution in [1.82, 2.24) is 9.21 Å². The van der Waals surface area contributed by atoms with E-state index in [4.69, 9.17) is 4.74 Å². The molecule has 2 aromatic carbocycles. The van der Waals surface area contributed by atoms with Crippen molar-refractivity contribution in [2.24, 2.45) is 0 Å². The molecule has 152 valence electrons. The number of likely N-dealkylation sites (N-methyl/N-ethyl adjacent to an activating group) is 1. The molecule has 0 fully saturated rings. The van der Waals surface area contributed by atoms with Crippen LogP contribution in [-0.4, -0.2) is 55.6 Å². The van der Waals surface area contributed by atoms with Crippen molar-refractivity contribution < 1.29 is 27.5 Å². The van der Waals surface area contributed by atoms with Crippen LogP contribution in [0.3, 0.4) is 0 Å². The van der Waals surface area contributed by atoms with Crippen molar-refractivity contribution in [1.29, 1.82) is 0 Å². The minimum absolute atomic E-state index is 0.00722. The van der Waals surface area contributed by atoms with Crippen LogP contribution in [0.15, 0.2) is 59.5 Å². The van der Waals surface area contributed by atoms with Gasteiger partial charge in [0.05, 0.1) is 11.6 Å². The second kappa shape index (κ2) is 8.04. The lowest BCUT2D eigenvalue weighted by atomic mass is 10.1. The van der Waals surface area contributed by atoms with Crippen LogP contribution in [0.2, 0.25) is 0 Å².